The maximum Gasteiger partial charge on any atom is 0.310 e. The number of carbonyl (C=O) groups is 3. The second-order valence-corrected chi connectivity index (χ2v) is 6.64. The minimum absolute atomic E-state index is 0.0593. The van der Waals surface area contributed by atoms with E-state index in [1.807, 2.05) is 24.3 Å². The molecule has 3 rings (SSSR count). The summed E-state index contributed by atoms with van der Waals surface area (Å²) in [5.74, 6) is -1.10. The predicted octanol–water partition coefficient (Wildman–Crippen LogP) is 1.94. The number of nitrogens with zero attached hydrogens (tertiary/aromatic N) is 2. The summed E-state index contributed by atoms with van der Waals surface area (Å²) in [6.07, 6.45) is 1.69. The molecule has 0 saturated carbocycles. The van der Waals surface area contributed by atoms with Gasteiger partial charge >= 0.3 is 5.97 Å². The summed E-state index contributed by atoms with van der Waals surface area (Å²) in [5.41, 5.74) is 1.67. The van der Waals surface area contributed by atoms with Gasteiger partial charge in [0.25, 0.3) is 0 Å². The van der Waals surface area contributed by atoms with Crippen molar-refractivity contribution in [1.29, 1.82) is 0 Å². The van der Waals surface area contributed by atoms with Gasteiger partial charge in [-0.2, -0.15) is 0 Å². The molecular weight excluding hydrogens is 320 g/mol. The highest BCUT2D eigenvalue weighted by molar-refractivity contribution is 6.02. The standard InChI is InChI=1S/C19H24N2O4/c1-3-25-19(24)13-7-6-10-21(12-13)18(23)15-11-17(22)20(2)16-9-5-4-8-14(15)16/h4-5,8-9,13,15H,3,6-7,10-12H2,1-2H3/t13-,15+/m1/s1. The molecule has 1 saturated heterocycles. The Kier molecular flexibility index (Phi) is 5.06. The third kappa shape index (κ3) is 3.38. The summed E-state index contributed by atoms with van der Waals surface area (Å²) >= 11 is 0. The van der Waals surface area contributed by atoms with E-state index in [-0.39, 0.29) is 30.1 Å². The molecule has 2 aliphatic heterocycles. The number of hydrogen-bond donors (Lipinski definition) is 0. The predicted molar refractivity (Wildman–Crippen MR) is 93.1 cm³/mol. The monoisotopic (exact) mass is 344 g/mol. The molecule has 2 amide bonds. The molecule has 0 radical (unpaired) electrons. The van der Waals surface area contributed by atoms with Crippen LogP contribution in [0.1, 0.15) is 37.7 Å². The van der Waals surface area contributed by atoms with E-state index in [0.717, 1.165) is 24.1 Å². The van der Waals surface area contributed by atoms with E-state index in [9.17, 15) is 14.4 Å². The number of carbonyl (C=O) groups excluding carboxylic acids is 3. The third-order valence-electron chi connectivity index (χ3n) is 5.08. The van der Waals surface area contributed by atoms with Crippen molar-refractivity contribution < 1.29 is 19.1 Å². The van der Waals surface area contributed by atoms with Crippen molar-refractivity contribution in [3.8, 4) is 0 Å². The molecule has 1 fully saturated rings. The fourth-order valence-corrected chi connectivity index (χ4v) is 3.71. The Morgan fingerprint density at radius 3 is 2.80 bits per heavy atom. The molecule has 0 bridgehead atoms. The van der Waals surface area contributed by atoms with Gasteiger partial charge in [0.05, 0.1) is 18.4 Å². The van der Waals surface area contributed by atoms with Crippen LogP contribution in [0.4, 0.5) is 5.69 Å². The maximum absolute atomic E-state index is 13.1. The summed E-state index contributed by atoms with van der Waals surface area (Å²) in [6, 6.07) is 7.53. The first kappa shape index (κ1) is 17.5. The van der Waals surface area contributed by atoms with Gasteiger partial charge in [-0.15, -0.1) is 0 Å². The number of likely N-dealkylation sites (tertiary alicyclic amines) is 1. The van der Waals surface area contributed by atoms with Crippen LogP contribution in [0.25, 0.3) is 0 Å². The number of piperidine rings is 1. The summed E-state index contributed by atoms with van der Waals surface area (Å²) in [7, 11) is 1.74. The molecule has 0 aromatic heterocycles. The molecule has 134 valence electrons. The first-order valence-corrected chi connectivity index (χ1v) is 8.83. The van der Waals surface area contributed by atoms with Crippen LogP contribution >= 0.6 is 0 Å². The number of para-hydroxylation sites is 1. The van der Waals surface area contributed by atoms with Gasteiger partial charge in [-0.25, -0.2) is 0 Å². The highest BCUT2D eigenvalue weighted by Gasteiger charge is 2.38. The van der Waals surface area contributed by atoms with Gasteiger partial charge in [-0.05, 0) is 31.4 Å². The van der Waals surface area contributed by atoms with Crippen LogP contribution < -0.4 is 4.90 Å². The molecule has 0 spiro atoms. The highest BCUT2D eigenvalue weighted by Crippen LogP contribution is 2.36. The Morgan fingerprint density at radius 2 is 2.04 bits per heavy atom. The number of anilines is 1. The van der Waals surface area contributed by atoms with Crippen LogP contribution in [0, 0.1) is 5.92 Å². The van der Waals surface area contributed by atoms with E-state index < -0.39 is 5.92 Å². The van der Waals surface area contributed by atoms with E-state index in [1.165, 1.54) is 0 Å². The lowest BCUT2D eigenvalue weighted by Gasteiger charge is -2.37. The van der Waals surface area contributed by atoms with Crippen LogP contribution in [0.5, 0.6) is 0 Å². The topological polar surface area (TPSA) is 66.9 Å². The van der Waals surface area contributed by atoms with E-state index >= 15 is 0 Å². The fourth-order valence-electron chi connectivity index (χ4n) is 3.71. The van der Waals surface area contributed by atoms with Crippen LogP contribution in [-0.4, -0.2) is 49.4 Å². The number of ether oxygens (including phenoxy) is 1. The summed E-state index contributed by atoms with van der Waals surface area (Å²) < 4.78 is 5.10. The Bertz CT molecular complexity index is 688. The molecule has 6 nitrogen and oxygen atoms in total. The smallest absolute Gasteiger partial charge is 0.310 e. The summed E-state index contributed by atoms with van der Waals surface area (Å²) in [6.45, 7) is 3.13. The zero-order valence-electron chi connectivity index (χ0n) is 14.7. The largest absolute Gasteiger partial charge is 0.466 e. The lowest BCUT2D eigenvalue weighted by molar-refractivity contribution is -0.151. The van der Waals surface area contributed by atoms with E-state index in [2.05, 4.69) is 0 Å². The average molecular weight is 344 g/mol. The molecule has 2 aliphatic rings. The molecule has 2 atom stereocenters. The van der Waals surface area contributed by atoms with Crippen molar-refractivity contribution in [2.75, 3.05) is 31.6 Å². The van der Waals surface area contributed by atoms with Crippen LogP contribution in [0.3, 0.4) is 0 Å². The molecule has 1 aromatic carbocycles. The molecule has 0 unspecified atom stereocenters. The fraction of sp³-hybridized carbons (Fsp3) is 0.526. The van der Waals surface area contributed by atoms with Crippen LogP contribution in [0.2, 0.25) is 0 Å². The molecule has 1 aromatic rings. The summed E-state index contributed by atoms with van der Waals surface area (Å²) in [5, 5.41) is 0. The van der Waals surface area contributed by atoms with E-state index in [4.69, 9.17) is 4.74 Å². The minimum atomic E-state index is -0.471. The molecule has 6 heteroatoms. The van der Waals surface area contributed by atoms with Crippen molar-refractivity contribution in [3.05, 3.63) is 29.8 Å². The number of fused-ring (bicyclic) bond motifs is 1. The second kappa shape index (κ2) is 7.25. The second-order valence-electron chi connectivity index (χ2n) is 6.64. The van der Waals surface area contributed by atoms with Crippen LogP contribution in [0.15, 0.2) is 24.3 Å². The first-order chi connectivity index (χ1) is 12.0. The number of esters is 1. The van der Waals surface area contributed by atoms with Crippen molar-refractivity contribution in [2.24, 2.45) is 5.92 Å². The molecule has 0 N–H and O–H groups in total. The Morgan fingerprint density at radius 1 is 1.28 bits per heavy atom. The van der Waals surface area contributed by atoms with Crippen molar-refractivity contribution >= 4 is 23.5 Å². The summed E-state index contributed by atoms with van der Waals surface area (Å²) in [4.78, 5) is 40.7. The van der Waals surface area contributed by atoms with Gasteiger partial charge in [-0.3, -0.25) is 14.4 Å². The lowest BCUT2D eigenvalue weighted by atomic mass is 9.87. The molecule has 2 heterocycles. The average Bonchev–Trinajstić information content (AvgIpc) is 2.64. The van der Waals surface area contributed by atoms with Gasteiger partial charge in [0.15, 0.2) is 0 Å². The number of rotatable bonds is 3. The molecular formula is C19H24N2O4. The first-order valence-electron chi connectivity index (χ1n) is 8.83. The van der Waals surface area contributed by atoms with Gasteiger partial charge in [0.2, 0.25) is 11.8 Å². The Hall–Kier alpha value is -2.37. The van der Waals surface area contributed by atoms with Crippen LogP contribution in [-0.2, 0) is 19.1 Å². The maximum atomic E-state index is 13.1. The van der Waals surface area contributed by atoms with Crippen molar-refractivity contribution in [2.45, 2.75) is 32.1 Å². The Labute approximate surface area is 147 Å². The zero-order chi connectivity index (χ0) is 18.0. The van der Waals surface area contributed by atoms with Crippen molar-refractivity contribution in [1.82, 2.24) is 4.90 Å². The van der Waals surface area contributed by atoms with Gasteiger partial charge < -0.3 is 14.5 Å². The number of amides is 2. The Balaban J connectivity index is 1.80. The zero-order valence-corrected chi connectivity index (χ0v) is 14.7. The van der Waals surface area contributed by atoms with E-state index in [0.29, 0.717) is 19.7 Å². The van der Waals surface area contributed by atoms with E-state index in [1.54, 1.807) is 23.8 Å². The highest BCUT2D eigenvalue weighted by atomic mass is 16.5. The number of benzene rings is 1. The van der Waals surface area contributed by atoms with Gasteiger partial charge in [0.1, 0.15) is 0 Å². The number of hydrogen-bond acceptors (Lipinski definition) is 4. The van der Waals surface area contributed by atoms with Gasteiger partial charge in [0, 0.05) is 32.2 Å². The normalized spacial score (nSPS) is 23.2. The third-order valence-corrected chi connectivity index (χ3v) is 5.08. The lowest BCUT2D eigenvalue weighted by Crippen LogP contribution is -2.46. The molecule has 0 aliphatic carbocycles. The van der Waals surface area contributed by atoms with Crippen molar-refractivity contribution in [3.63, 3.8) is 0 Å². The SMILES string of the molecule is CCOC(=O)[C@@H]1CCCN(C(=O)[C@H]2CC(=O)N(C)c3ccccc32)C1. The molecule has 25 heavy (non-hydrogen) atoms. The van der Waals surface area contributed by atoms with Gasteiger partial charge in [-0.1, -0.05) is 18.2 Å². The quantitative estimate of drug-likeness (QED) is 0.786. The minimum Gasteiger partial charge on any atom is -0.466 e.